The van der Waals surface area contributed by atoms with E-state index in [1.54, 1.807) is 11.8 Å². The zero-order chi connectivity index (χ0) is 26.3. The molecule has 2 aromatic heterocycles. The van der Waals surface area contributed by atoms with E-state index in [0.717, 1.165) is 12.4 Å². The van der Waals surface area contributed by atoms with E-state index in [1.165, 1.54) is 0 Å². The van der Waals surface area contributed by atoms with E-state index < -0.39 is 47.0 Å². The maximum absolute atomic E-state index is 13.3. The van der Waals surface area contributed by atoms with Crippen LogP contribution in [-0.2, 0) is 23.6 Å². The molecule has 196 valence electrons. The van der Waals surface area contributed by atoms with Crippen LogP contribution in [0.3, 0.4) is 0 Å². The Balaban J connectivity index is 1.31. The number of hydrogen-bond donors (Lipinski definition) is 3. The van der Waals surface area contributed by atoms with Gasteiger partial charge in [-0.05, 0) is 38.2 Å². The first-order chi connectivity index (χ1) is 16.8. The van der Waals surface area contributed by atoms with Gasteiger partial charge in [0.25, 0.3) is 5.56 Å². The van der Waals surface area contributed by atoms with Crippen molar-refractivity contribution in [2.45, 2.75) is 63.1 Å². The van der Waals surface area contributed by atoms with Gasteiger partial charge in [0.15, 0.2) is 0 Å². The second-order valence-electron chi connectivity index (χ2n) is 8.81. The molecule has 0 unspecified atom stereocenters. The van der Waals surface area contributed by atoms with Crippen LogP contribution in [0.25, 0.3) is 0 Å². The second-order valence-corrected chi connectivity index (χ2v) is 8.81. The van der Waals surface area contributed by atoms with Gasteiger partial charge < -0.3 is 15.5 Å². The van der Waals surface area contributed by atoms with Crippen LogP contribution in [0.15, 0.2) is 17.2 Å². The Morgan fingerprint density at radius 1 is 1.08 bits per heavy atom. The lowest BCUT2D eigenvalue weighted by Gasteiger charge is -2.33. The molecule has 0 spiro atoms. The van der Waals surface area contributed by atoms with E-state index in [4.69, 9.17) is 0 Å². The van der Waals surface area contributed by atoms with E-state index in [1.807, 2.05) is 5.10 Å². The summed E-state index contributed by atoms with van der Waals surface area (Å²) in [6.07, 6.45) is -6.55. The third-order valence-corrected chi connectivity index (χ3v) is 6.35. The van der Waals surface area contributed by atoms with Gasteiger partial charge >= 0.3 is 12.4 Å². The summed E-state index contributed by atoms with van der Waals surface area (Å²) in [6, 6.07) is -1.50. The SMILES string of the molecule is C[C@@H](NC1CCN(c2ncc(C(F)(F)F)cn2)CC1)C(=O)N[C@H]1CCc2c1n[nH]c(=O)c2C(F)(F)F. The number of piperidine rings is 1. The Labute approximate surface area is 200 Å². The van der Waals surface area contributed by atoms with Gasteiger partial charge in [-0.1, -0.05) is 0 Å². The number of halogens is 6. The number of anilines is 1. The fourth-order valence-corrected chi connectivity index (χ4v) is 4.51. The number of H-pyrrole nitrogens is 1. The number of carbonyl (C=O) groups excluding carboxylic acids is 1. The lowest BCUT2D eigenvalue weighted by Crippen LogP contribution is -2.51. The number of amides is 1. The van der Waals surface area contributed by atoms with Crippen molar-refractivity contribution in [3.8, 4) is 0 Å². The molecule has 1 fully saturated rings. The van der Waals surface area contributed by atoms with Gasteiger partial charge in [0.1, 0.15) is 5.56 Å². The molecule has 0 bridgehead atoms. The number of rotatable bonds is 5. The standard InChI is InChI=1S/C21H23F6N7O2/c1-10(17(35)31-14-3-2-13-15(21(25,26)27)18(36)33-32-16(13)14)30-12-4-6-34(7-5-12)19-28-8-11(9-29-19)20(22,23)24/h8-10,12,14,30H,2-7H2,1H3,(H,31,35)(H,33,36)/t10-,14+/m1/s1. The van der Waals surface area contributed by atoms with Crippen LogP contribution in [0.1, 0.15) is 54.6 Å². The molecule has 1 saturated heterocycles. The maximum Gasteiger partial charge on any atom is 0.422 e. The number of alkyl halides is 6. The van der Waals surface area contributed by atoms with Crippen molar-refractivity contribution in [1.82, 2.24) is 30.8 Å². The summed E-state index contributed by atoms with van der Waals surface area (Å²) < 4.78 is 77.9. The molecular weight excluding hydrogens is 496 g/mol. The molecule has 0 aromatic carbocycles. The van der Waals surface area contributed by atoms with Gasteiger partial charge in [-0.2, -0.15) is 31.4 Å². The van der Waals surface area contributed by atoms with E-state index in [9.17, 15) is 35.9 Å². The highest BCUT2D eigenvalue weighted by Gasteiger charge is 2.41. The number of aromatic amines is 1. The molecule has 3 heterocycles. The van der Waals surface area contributed by atoms with Crippen molar-refractivity contribution in [2.24, 2.45) is 0 Å². The Bertz CT molecular complexity index is 1160. The van der Waals surface area contributed by atoms with Crippen LogP contribution in [0, 0.1) is 0 Å². The summed E-state index contributed by atoms with van der Waals surface area (Å²) in [5, 5.41) is 11.5. The average Bonchev–Trinajstić information content (AvgIpc) is 3.20. The first-order valence-corrected chi connectivity index (χ1v) is 11.2. The van der Waals surface area contributed by atoms with Crippen LogP contribution >= 0.6 is 0 Å². The Hall–Kier alpha value is -3.23. The minimum atomic E-state index is -4.82. The number of carbonyl (C=O) groups is 1. The third-order valence-electron chi connectivity index (χ3n) is 6.35. The first-order valence-electron chi connectivity index (χ1n) is 11.2. The lowest BCUT2D eigenvalue weighted by atomic mass is 10.0. The number of nitrogens with zero attached hydrogens (tertiary/aromatic N) is 4. The van der Waals surface area contributed by atoms with Crippen molar-refractivity contribution in [3.63, 3.8) is 0 Å². The molecule has 3 N–H and O–H groups in total. The quantitative estimate of drug-likeness (QED) is 0.520. The van der Waals surface area contributed by atoms with E-state index in [2.05, 4.69) is 25.7 Å². The van der Waals surface area contributed by atoms with Crippen LogP contribution in [0.5, 0.6) is 0 Å². The van der Waals surface area contributed by atoms with Gasteiger partial charge in [-0.3, -0.25) is 9.59 Å². The molecule has 2 atom stereocenters. The van der Waals surface area contributed by atoms with Gasteiger partial charge in [-0.25, -0.2) is 15.1 Å². The van der Waals surface area contributed by atoms with Crippen molar-refractivity contribution >= 4 is 11.9 Å². The number of hydrogen-bond acceptors (Lipinski definition) is 7. The van der Waals surface area contributed by atoms with Gasteiger partial charge in [0, 0.05) is 31.5 Å². The fourth-order valence-electron chi connectivity index (χ4n) is 4.51. The fraction of sp³-hybridized carbons (Fsp3) is 0.571. The normalized spacial score (nSPS) is 19.8. The number of nitrogens with one attached hydrogen (secondary N) is 3. The summed E-state index contributed by atoms with van der Waals surface area (Å²) in [7, 11) is 0. The highest BCUT2D eigenvalue weighted by atomic mass is 19.4. The molecule has 0 saturated carbocycles. The van der Waals surface area contributed by atoms with Crippen LogP contribution in [0.4, 0.5) is 32.3 Å². The van der Waals surface area contributed by atoms with Gasteiger partial charge in [0.2, 0.25) is 11.9 Å². The molecule has 0 radical (unpaired) electrons. The van der Waals surface area contributed by atoms with Crippen molar-refractivity contribution in [2.75, 3.05) is 18.0 Å². The van der Waals surface area contributed by atoms with Crippen molar-refractivity contribution < 1.29 is 31.1 Å². The lowest BCUT2D eigenvalue weighted by molar-refractivity contribution is -0.139. The molecule has 1 amide bonds. The zero-order valence-electron chi connectivity index (χ0n) is 19.0. The summed E-state index contributed by atoms with van der Waals surface area (Å²) in [5.41, 5.74) is -3.71. The van der Waals surface area contributed by atoms with Crippen LogP contribution in [0.2, 0.25) is 0 Å². The summed E-state index contributed by atoms with van der Waals surface area (Å²) >= 11 is 0. The Kier molecular flexibility index (Phi) is 6.94. The van der Waals surface area contributed by atoms with Crippen LogP contribution in [-0.4, -0.2) is 51.2 Å². The molecule has 9 nitrogen and oxygen atoms in total. The van der Waals surface area contributed by atoms with Crippen molar-refractivity contribution in [1.29, 1.82) is 0 Å². The molecule has 36 heavy (non-hydrogen) atoms. The third kappa shape index (κ3) is 5.44. The predicted molar refractivity (Wildman–Crippen MR) is 114 cm³/mol. The highest BCUT2D eigenvalue weighted by Crippen LogP contribution is 2.37. The van der Waals surface area contributed by atoms with E-state index in [0.29, 0.717) is 25.9 Å². The predicted octanol–water partition coefficient (Wildman–Crippen LogP) is 2.35. The molecule has 4 rings (SSSR count). The zero-order valence-corrected chi connectivity index (χ0v) is 19.0. The number of fused-ring (bicyclic) bond motifs is 1. The Morgan fingerprint density at radius 2 is 1.72 bits per heavy atom. The monoisotopic (exact) mass is 519 g/mol. The Morgan fingerprint density at radius 3 is 2.31 bits per heavy atom. The minimum Gasteiger partial charge on any atom is -0.346 e. The summed E-state index contributed by atoms with van der Waals surface area (Å²) in [5.74, 6) is -0.237. The highest BCUT2D eigenvalue weighted by molar-refractivity contribution is 5.81. The maximum atomic E-state index is 13.3. The minimum absolute atomic E-state index is 0.00678. The summed E-state index contributed by atoms with van der Waals surface area (Å²) in [4.78, 5) is 33.7. The van der Waals surface area contributed by atoms with Gasteiger partial charge in [0.05, 0.1) is 23.3 Å². The van der Waals surface area contributed by atoms with E-state index in [-0.39, 0.29) is 36.1 Å². The largest absolute Gasteiger partial charge is 0.422 e. The summed E-state index contributed by atoms with van der Waals surface area (Å²) in [6.45, 7) is 2.55. The molecule has 1 aliphatic heterocycles. The van der Waals surface area contributed by atoms with Crippen LogP contribution < -0.4 is 21.1 Å². The topological polar surface area (TPSA) is 116 Å². The smallest absolute Gasteiger partial charge is 0.346 e. The number of aromatic nitrogens is 4. The van der Waals surface area contributed by atoms with Crippen molar-refractivity contribution in [3.05, 3.63) is 45.1 Å². The van der Waals surface area contributed by atoms with Gasteiger partial charge in [-0.15, -0.1) is 0 Å². The molecule has 2 aliphatic rings. The molecular formula is C21H23F6N7O2. The first kappa shape index (κ1) is 25.9. The van der Waals surface area contributed by atoms with E-state index >= 15 is 0 Å². The average molecular weight is 519 g/mol. The molecule has 1 aliphatic carbocycles. The second kappa shape index (κ2) is 9.67. The molecule has 2 aromatic rings. The molecule has 15 heteroatoms.